The van der Waals surface area contributed by atoms with Crippen molar-refractivity contribution < 1.29 is 9.53 Å². The van der Waals surface area contributed by atoms with Crippen molar-refractivity contribution in [3.63, 3.8) is 0 Å². The summed E-state index contributed by atoms with van der Waals surface area (Å²) in [4.78, 5) is 11.5. The average molecular weight is 321 g/mol. The molecule has 1 aliphatic rings. The first-order chi connectivity index (χ1) is 9.30. The van der Waals surface area contributed by atoms with E-state index >= 15 is 0 Å². The summed E-state index contributed by atoms with van der Waals surface area (Å²) in [6.07, 6.45) is 4.20. The Hall–Kier alpha value is -0.210. The number of halogens is 2. The first kappa shape index (κ1) is 17.8. The van der Waals surface area contributed by atoms with Crippen LogP contribution in [0.5, 0.6) is 0 Å². The molecule has 0 aromatic heterocycles. The van der Waals surface area contributed by atoms with Crippen LogP contribution in [-0.4, -0.2) is 24.3 Å². The van der Waals surface area contributed by atoms with Gasteiger partial charge in [0.2, 0.25) is 0 Å². The Morgan fingerprint density at radius 3 is 2.55 bits per heavy atom. The van der Waals surface area contributed by atoms with Crippen molar-refractivity contribution in [3.05, 3.63) is 12.2 Å². The molecule has 0 N–H and O–H groups in total. The van der Waals surface area contributed by atoms with E-state index in [0.717, 1.165) is 19.3 Å². The van der Waals surface area contributed by atoms with Gasteiger partial charge in [-0.2, -0.15) is 0 Å². The molecule has 0 heterocycles. The predicted octanol–water partition coefficient (Wildman–Crippen LogP) is 4.79. The molecule has 1 aliphatic carbocycles. The van der Waals surface area contributed by atoms with Crippen LogP contribution in [0, 0.1) is 16.7 Å². The van der Waals surface area contributed by atoms with Crippen LogP contribution in [0.3, 0.4) is 0 Å². The highest BCUT2D eigenvalue weighted by Gasteiger charge is 2.51. The van der Waals surface area contributed by atoms with Crippen LogP contribution < -0.4 is 0 Å². The number of carbonyl (C=O) groups excluding carboxylic acids is 1. The molecule has 2 unspecified atom stereocenters. The normalized spacial score (nSPS) is 28.9. The fraction of sp³-hybridized carbons (Fsp3) is 0.812. The van der Waals surface area contributed by atoms with Crippen molar-refractivity contribution in [2.24, 2.45) is 16.7 Å². The predicted molar refractivity (Wildman–Crippen MR) is 85.4 cm³/mol. The summed E-state index contributed by atoms with van der Waals surface area (Å²) >= 11 is 12.5. The molecule has 4 heteroatoms. The molecule has 1 rings (SSSR count). The van der Waals surface area contributed by atoms with Crippen molar-refractivity contribution in [3.8, 4) is 0 Å². The molecule has 1 saturated carbocycles. The maximum atomic E-state index is 11.5. The molecule has 20 heavy (non-hydrogen) atoms. The highest BCUT2D eigenvalue weighted by molar-refractivity contribution is 6.19. The Balaban J connectivity index is 2.81. The monoisotopic (exact) mass is 320 g/mol. The van der Waals surface area contributed by atoms with Gasteiger partial charge in [0.1, 0.15) is 0 Å². The summed E-state index contributed by atoms with van der Waals surface area (Å²) in [6, 6.07) is 0. The molecule has 2 atom stereocenters. The van der Waals surface area contributed by atoms with E-state index in [0.29, 0.717) is 29.9 Å². The molecule has 0 spiro atoms. The van der Waals surface area contributed by atoms with Crippen molar-refractivity contribution in [1.82, 2.24) is 0 Å². The molecule has 0 amide bonds. The van der Waals surface area contributed by atoms with Gasteiger partial charge in [-0.25, -0.2) is 4.79 Å². The summed E-state index contributed by atoms with van der Waals surface area (Å²) in [5, 5.41) is 0. The maximum absolute atomic E-state index is 11.5. The molecule has 0 aromatic rings. The van der Waals surface area contributed by atoms with Gasteiger partial charge in [0.05, 0.1) is 6.61 Å². The second-order valence-electron chi connectivity index (χ2n) is 6.58. The minimum absolute atomic E-state index is 0.0656. The number of esters is 1. The molecule has 2 nitrogen and oxygen atoms in total. The van der Waals surface area contributed by atoms with Crippen LogP contribution in [0.4, 0.5) is 0 Å². The second-order valence-corrected chi connectivity index (χ2v) is 7.16. The van der Waals surface area contributed by atoms with Gasteiger partial charge in [0.15, 0.2) is 0 Å². The third-order valence-corrected chi connectivity index (χ3v) is 5.89. The van der Waals surface area contributed by atoms with Crippen LogP contribution in [0.25, 0.3) is 0 Å². The Labute approximate surface area is 132 Å². The number of carbonyl (C=O) groups is 1. The second kappa shape index (κ2) is 7.17. The number of rotatable bonds is 6. The summed E-state index contributed by atoms with van der Waals surface area (Å²) in [5.74, 6) is 1.23. The van der Waals surface area contributed by atoms with Gasteiger partial charge in [-0.05, 0) is 42.9 Å². The number of hydrogen-bond acceptors (Lipinski definition) is 2. The zero-order chi connectivity index (χ0) is 15.4. The van der Waals surface area contributed by atoms with E-state index in [9.17, 15) is 4.79 Å². The standard InChI is InChI=1S/C16H26Cl2O2/c1-12(2)14(19)20-9-8-16(11-18)13(10-17)6-5-7-15(16,3)4/h13H,1,5-11H2,2-4H3. The zero-order valence-corrected chi connectivity index (χ0v) is 14.3. The van der Waals surface area contributed by atoms with Gasteiger partial charge >= 0.3 is 5.97 Å². The van der Waals surface area contributed by atoms with E-state index < -0.39 is 0 Å². The molecule has 0 saturated heterocycles. The SMILES string of the molecule is C=C(C)C(=O)OCCC1(CCl)C(CCl)CCCC1(C)C. The average Bonchev–Trinajstić information content (AvgIpc) is 2.39. The molecule has 0 aromatic carbocycles. The smallest absolute Gasteiger partial charge is 0.333 e. The van der Waals surface area contributed by atoms with E-state index in [1.807, 2.05) is 0 Å². The van der Waals surface area contributed by atoms with Crippen LogP contribution in [0.15, 0.2) is 12.2 Å². The lowest BCUT2D eigenvalue weighted by Crippen LogP contribution is -2.50. The minimum Gasteiger partial charge on any atom is -0.462 e. The number of ether oxygens (including phenoxy) is 1. The van der Waals surface area contributed by atoms with Crippen molar-refractivity contribution in [2.75, 3.05) is 18.4 Å². The first-order valence-electron chi connectivity index (χ1n) is 7.25. The molecule has 0 bridgehead atoms. The highest BCUT2D eigenvalue weighted by Crippen LogP contribution is 2.56. The summed E-state index contributed by atoms with van der Waals surface area (Å²) in [5.41, 5.74) is 0.480. The van der Waals surface area contributed by atoms with E-state index in [1.54, 1.807) is 6.92 Å². The Morgan fingerprint density at radius 1 is 1.40 bits per heavy atom. The zero-order valence-electron chi connectivity index (χ0n) is 12.8. The van der Waals surface area contributed by atoms with Gasteiger partial charge in [-0.15, -0.1) is 23.2 Å². The third kappa shape index (κ3) is 3.51. The summed E-state index contributed by atoms with van der Waals surface area (Å²) in [6.45, 7) is 10.2. The first-order valence-corrected chi connectivity index (χ1v) is 8.32. The van der Waals surface area contributed by atoms with E-state index in [1.165, 1.54) is 6.42 Å². The molecule has 0 radical (unpaired) electrons. The molecule has 1 fully saturated rings. The lowest BCUT2D eigenvalue weighted by Gasteiger charge is -2.54. The largest absolute Gasteiger partial charge is 0.462 e. The van der Waals surface area contributed by atoms with Crippen LogP contribution in [-0.2, 0) is 9.53 Å². The summed E-state index contributed by atoms with van der Waals surface area (Å²) in [7, 11) is 0. The Bertz CT molecular complexity index is 365. The van der Waals surface area contributed by atoms with Crippen molar-refractivity contribution in [2.45, 2.75) is 46.5 Å². The molecule has 116 valence electrons. The van der Waals surface area contributed by atoms with E-state index in [4.69, 9.17) is 27.9 Å². The van der Waals surface area contributed by atoms with Gasteiger partial charge < -0.3 is 4.74 Å². The molecular formula is C16H26Cl2O2. The summed E-state index contributed by atoms with van der Waals surface area (Å²) < 4.78 is 5.28. The third-order valence-electron chi connectivity index (χ3n) is 5.04. The quantitative estimate of drug-likeness (QED) is 0.399. The lowest BCUT2D eigenvalue weighted by molar-refractivity contribution is -0.141. The lowest BCUT2D eigenvalue weighted by atomic mass is 9.53. The fourth-order valence-corrected chi connectivity index (χ4v) is 4.60. The molecule has 0 aliphatic heterocycles. The van der Waals surface area contributed by atoms with Crippen molar-refractivity contribution in [1.29, 1.82) is 0 Å². The highest BCUT2D eigenvalue weighted by atomic mass is 35.5. The van der Waals surface area contributed by atoms with E-state index in [-0.39, 0.29) is 16.8 Å². The van der Waals surface area contributed by atoms with Gasteiger partial charge in [-0.1, -0.05) is 26.8 Å². The van der Waals surface area contributed by atoms with Crippen LogP contribution in [0.2, 0.25) is 0 Å². The maximum Gasteiger partial charge on any atom is 0.333 e. The Morgan fingerprint density at radius 2 is 2.05 bits per heavy atom. The van der Waals surface area contributed by atoms with Gasteiger partial charge in [0, 0.05) is 17.3 Å². The fourth-order valence-electron chi connectivity index (χ4n) is 3.44. The minimum atomic E-state index is -0.328. The van der Waals surface area contributed by atoms with Crippen LogP contribution >= 0.6 is 23.2 Å². The van der Waals surface area contributed by atoms with Gasteiger partial charge in [-0.3, -0.25) is 0 Å². The number of alkyl halides is 2. The molecular weight excluding hydrogens is 295 g/mol. The Kier molecular flexibility index (Phi) is 6.40. The van der Waals surface area contributed by atoms with Crippen LogP contribution in [0.1, 0.15) is 46.5 Å². The van der Waals surface area contributed by atoms with Crippen molar-refractivity contribution >= 4 is 29.2 Å². The van der Waals surface area contributed by atoms with Gasteiger partial charge in [0.25, 0.3) is 0 Å². The van der Waals surface area contributed by atoms with E-state index in [2.05, 4.69) is 20.4 Å². The topological polar surface area (TPSA) is 26.3 Å². The number of hydrogen-bond donors (Lipinski definition) is 0.